The van der Waals surface area contributed by atoms with Crippen molar-refractivity contribution in [1.82, 2.24) is 0 Å². The maximum atomic E-state index is 11.0. The van der Waals surface area contributed by atoms with Crippen LogP contribution in [0.1, 0.15) is 5.56 Å². The van der Waals surface area contributed by atoms with E-state index < -0.39 is 4.92 Å². The van der Waals surface area contributed by atoms with Crippen molar-refractivity contribution in [3.63, 3.8) is 0 Å². The number of halogens is 3. The predicted octanol–water partition coefficient (Wildman–Crippen LogP) is 5.22. The van der Waals surface area contributed by atoms with Crippen LogP contribution < -0.4 is 4.74 Å². The van der Waals surface area contributed by atoms with Crippen LogP contribution in [0.5, 0.6) is 11.5 Å². The molecule has 0 radical (unpaired) electrons. The lowest BCUT2D eigenvalue weighted by Crippen LogP contribution is -1.95. The smallest absolute Gasteiger partial charge is 0.313 e. The van der Waals surface area contributed by atoms with E-state index in [2.05, 4.69) is 0 Å². The van der Waals surface area contributed by atoms with Gasteiger partial charge in [0.1, 0.15) is 11.8 Å². The van der Waals surface area contributed by atoms with E-state index in [0.717, 1.165) is 6.07 Å². The molecular formula is C13H5Cl3N2O3. The fraction of sp³-hybridized carbons (Fsp3) is 0. The Morgan fingerprint density at radius 1 is 1.10 bits per heavy atom. The number of ether oxygens (including phenoxy) is 1. The normalized spacial score (nSPS) is 10.0. The first-order chi connectivity index (χ1) is 9.92. The van der Waals surface area contributed by atoms with Gasteiger partial charge in [-0.15, -0.1) is 0 Å². The maximum Gasteiger partial charge on any atom is 0.313 e. The van der Waals surface area contributed by atoms with E-state index in [1.165, 1.54) is 24.3 Å². The van der Waals surface area contributed by atoms with E-state index in [-0.39, 0.29) is 32.8 Å². The van der Waals surface area contributed by atoms with Crippen LogP contribution in [0.4, 0.5) is 5.69 Å². The van der Waals surface area contributed by atoms with Gasteiger partial charge in [0.25, 0.3) is 0 Å². The van der Waals surface area contributed by atoms with Crippen molar-refractivity contribution in [2.75, 3.05) is 0 Å². The van der Waals surface area contributed by atoms with E-state index in [1.54, 1.807) is 0 Å². The average molecular weight is 344 g/mol. The molecule has 0 saturated carbocycles. The third kappa shape index (κ3) is 3.37. The first-order valence-corrected chi connectivity index (χ1v) is 6.56. The van der Waals surface area contributed by atoms with Crippen molar-refractivity contribution in [2.45, 2.75) is 0 Å². The SMILES string of the molecule is N#Cc1ccc(Cl)cc1Oc1cc(Cl)c(Cl)cc1[N+](=O)[O-]. The number of benzene rings is 2. The molecule has 8 heteroatoms. The highest BCUT2D eigenvalue weighted by atomic mass is 35.5. The number of hydrogen-bond donors (Lipinski definition) is 0. The molecular weight excluding hydrogens is 339 g/mol. The van der Waals surface area contributed by atoms with Gasteiger partial charge in [0.15, 0.2) is 0 Å². The van der Waals surface area contributed by atoms with E-state index >= 15 is 0 Å². The second-order valence-corrected chi connectivity index (χ2v) is 5.10. The van der Waals surface area contributed by atoms with Gasteiger partial charge in [-0.3, -0.25) is 10.1 Å². The summed E-state index contributed by atoms with van der Waals surface area (Å²) in [6, 6.07) is 8.53. The number of hydrogen-bond acceptors (Lipinski definition) is 4. The fourth-order valence-electron chi connectivity index (χ4n) is 1.53. The highest BCUT2D eigenvalue weighted by molar-refractivity contribution is 6.42. The molecule has 0 aromatic heterocycles. The van der Waals surface area contributed by atoms with Gasteiger partial charge in [-0.2, -0.15) is 5.26 Å². The Morgan fingerprint density at radius 3 is 2.38 bits per heavy atom. The molecule has 0 amide bonds. The van der Waals surface area contributed by atoms with Gasteiger partial charge in [-0.1, -0.05) is 34.8 Å². The van der Waals surface area contributed by atoms with Crippen molar-refractivity contribution in [3.05, 3.63) is 61.1 Å². The van der Waals surface area contributed by atoms with Crippen molar-refractivity contribution in [1.29, 1.82) is 5.26 Å². The Morgan fingerprint density at radius 2 is 1.76 bits per heavy atom. The summed E-state index contributed by atoms with van der Waals surface area (Å²) in [7, 11) is 0. The van der Waals surface area contributed by atoms with Gasteiger partial charge in [0.05, 0.1) is 20.5 Å². The first-order valence-electron chi connectivity index (χ1n) is 5.43. The lowest BCUT2D eigenvalue weighted by molar-refractivity contribution is -0.385. The van der Waals surface area contributed by atoms with Crippen LogP contribution in [-0.4, -0.2) is 4.92 Å². The molecule has 0 heterocycles. The Balaban J connectivity index is 2.54. The number of nitriles is 1. The predicted molar refractivity (Wildman–Crippen MR) is 79.4 cm³/mol. The van der Waals surface area contributed by atoms with Gasteiger partial charge >= 0.3 is 5.69 Å². The Labute approximate surface area is 134 Å². The highest BCUT2D eigenvalue weighted by Crippen LogP contribution is 2.39. The standard InChI is InChI=1S/C13H5Cl3N2O3/c14-8-2-1-7(6-17)12(3-8)21-13-5-10(16)9(15)4-11(13)18(19)20/h1-5H. The molecule has 0 spiro atoms. The van der Waals surface area contributed by atoms with E-state index in [1.807, 2.05) is 6.07 Å². The second-order valence-electron chi connectivity index (χ2n) is 3.85. The van der Waals surface area contributed by atoms with Crippen molar-refractivity contribution in [2.24, 2.45) is 0 Å². The fourth-order valence-corrected chi connectivity index (χ4v) is 2.01. The third-order valence-electron chi connectivity index (χ3n) is 2.48. The Bertz CT molecular complexity index is 772. The minimum absolute atomic E-state index is 0.0299. The molecule has 0 N–H and O–H groups in total. The zero-order chi connectivity index (χ0) is 15.6. The number of nitrogens with zero attached hydrogens (tertiary/aromatic N) is 2. The van der Waals surface area contributed by atoms with Gasteiger partial charge in [-0.25, -0.2) is 0 Å². The summed E-state index contributed by atoms with van der Waals surface area (Å²) >= 11 is 17.4. The molecule has 2 rings (SSSR count). The van der Waals surface area contributed by atoms with E-state index in [9.17, 15) is 10.1 Å². The molecule has 0 bridgehead atoms. The maximum absolute atomic E-state index is 11.0. The molecule has 0 atom stereocenters. The summed E-state index contributed by atoms with van der Waals surface area (Å²) in [5, 5.41) is 20.5. The van der Waals surface area contributed by atoms with Crippen LogP contribution in [0.25, 0.3) is 0 Å². The van der Waals surface area contributed by atoms with Crippen LogP contribution in [-0.2, 0) is 0 Å². The van der Waals surface area contributed by atoms with Crippen LogP contribution in [0.15, 0.2) is 30.3 Å². The average Bonchev–Trinajstić information content (AvgIpc) is 2.42. The molecule has 106 valence electrons. The monoisotopic (exact) mass is 342 g/mol. The number of rotatable bonds is 3. The molecule has 0 saturated heterocycles. The van der Waals surface area contributed by atoms with Gasteiger partial charge in [0, 0.05) is 23.2 Å². The summed E-state index contributed by atoms with van der Waals surface area (Å²) in [6.07, 6.45) is 0. The quantitative estimate of drug-likeness (QED) is 0.565. The van der Waals surface area contributed by atoms with E-state index in [0.29, 0.717) is 5.02 Å². The lowest BCUT2D eigenvalue weighted by Gasteiger charge is -2.09. The Kier molecular flexibility index (Phi) is 4.53. The summed E-state index contributed by atoms with van der Waals surface area (Å²) in [5.74, 6) is -0.0420. The topological polar surface area (TPSA) is 76.2 Å². The molecule has 5 nitrogen and oxygen atoms in total. The summed E-state index contributed by atoms with van der Waals surface area (Å²) in [5.41, 5.74) is -0.187. The minimum Gasteiger partial charge on any atom is -0.449 e. The van der Waals surface area contributed by atoms with Crippen LogP contribution >= 0.6 is 34.8 Å². The highest BCUT2D eigenvalue weighted by Gasteiger charge is 2.20. The minimum atomic E-state index is -0.659. The Hall–Kier alpha value is -2.00. The van der Waals surface area contributed by atoms with Crippen LogP contribution in [0.3, 0.4) is 0 Å². The largest absolute Gasteiger partial charge is 0.449 e. The molecule has 0 aliphatic carbocycles. The lowest BCUT2D eigenvalue weighted by atomic mass is 10.2. The van der Waals surface area contributed by atoms with Gasteiger partial charge < -0.3 is 4.74 Å². The molecule has 0 aliphatic heterocycles. The summed E-state index contributed by atoms with van der Waals surface area (Å²) in [6.45, 7) is 0. The van der Waals surface area contributed by atoms with Gasteiger partial charge in [-0.05, 0) is 12.1 Å². The van der Waals surface area contributed by atoms with Crippen molar-refractivity contribution < 1.29 is 9.66 Å². The molecule has 21 heavy (non-hydrogen) atoms. The van der Waals surface area contributed by atoms with Gasteiger partial charge in [0.2, 0.25) is 5.75 Å². The zero-order valence-corrected chi connectivity index (χ0v) is 12.4. The summed E-state index contributed by atoms with van der Waals surface area (Å²) < 4.78 is 5.42. The second kappa shape index (κ2) is 6.19. The molecule has 2 aromatic carbocycles. The molecule has 2 aromatic rings. The van der Waals surface area contributed by atoms with E-state index in [4.69, 9.17) is 44.8 Å². The molecule has 0 aliphatic rings. The first kappa shape index (κ1) is 15.4. The zero-order valence-electron chi connectivity index (χ0n) is 10.1. The third-order valence-corrected chi connectivity index (χ3v) is 3.44. The van der Waals surface area contributed by atoms with Crippen LogP contribution in [0, 0.1) is 21.4 Å². The van der Waals surface area contributed by atoms with Crippen molar-refractivity contribution in [3.8, 4) is 17.6 Å². The molecule has 0 fully saturated rings. The summed E-state index contributed by atoms with van der Waals surface area (Å²) in [4.78, 5) is 10.4. The van der Waals surface area contributed by atoms with Crippen LogP contribution in [0.2, 0.25) is 15.1 Å². The van der Waals surface area contributed by atoms with Crippen molar-refractivity contribution >= 4 is 40.5 Å². The molecule has 0 unspecified atom stereocenters. The number of nitro groups is 1. The number of nitro benzene ring substituents is 1.